The molecule has 2 aliphatic rings. The maximum Gasteiger partial charge on any atom is 0.274 e. The van der Waals surface area contributed by atoms with Crippen LogP contribution in [-0.4, -0.2) is 29.9 Å². The van der Waals surface area contributed by atoms with E-state index in [2.05, 4.69) is 20.6 Å². The van der Waals surface area contributed by atoms with Gasteiger partial charge in [0.05, 0.1) is 12.1 Å². The minimum absolute atomic E-state index is 0.0156. The molecule has 2 aliphatic heterocycles. The molecule has 166 valence electrons. The first kappa shape index (κ1) is 20.8. The van der Waals surface area contributed by atoms with Gasteiger partial charge in [-0.3, -0.25) is 14.9 Å². The van der Waals surface area contributed by atoms with Crippen LogP contribution in [0.25, 0.3) is 0 Å². The lowest BCUT2D eigenvalue weighted by Crippen LogP contribution is -2.41. The molecular formula is C23H18ClN5O4. The zero-order valence-corrected chi connectivity index (χ0v) is 18.4. The van der Waals surface area contributed by atoms with Gasteiger partial charge in [-0.1, -0.05) is 11.6 Å². The first-order valence-electron chi connectivity index (χ1n) is 9.93. The molecule has 1 unspecified atom stereocenters. The second-order valence-electron chi connectivity index (χ2n) is 7.61. The molecule has 33 heavy (non-hydrogen) atoms. The summed E-state index contributed by atoms with van der Waals surface area (Å²) in [7, 11) is 1.55. The van der Waals surface area contributed by atoms with E-state index in [1.54, 1.807) is 43.5 Å². The number of methoxy groups -OCH3 is 1. The van der Waals surface area contributed by atoms with E-state index in [-0.39, 0.29) is 11.7 Å². The molecule has 4 N–H and O–H groups in total. The van der Waals surface area contributed by atoms with Crippen molar-refractivity contribution < 1.29 is 19.1 Å². The molecule has 0 aliphatic carbocycles. The Morgan fingerprint density at radius 2 is 1.97 bits per heavy atom. The highest BCUT2D eigenvalue weighted by Crippen LogP contribution is 2.52. The lowest BCUT2D eigenvalue weighted by molar-refractivity contribution is -0.122. The number of amides is 2. The predicted molar refractivity (Wildman–Crippen MR) is 122 cm³/mol. The molecule has 5 rings (SSSR count). The van der Waals surface area contributed by atoms with E-state index >= 15 is 0 Å². The van der Waals surface area contributed by atoms with Crippen LogP contribution in [0.3, 0.4) is 0 Å². The molecule has 0 saturated heterocycles. The van der Waals surface area contributed by atoms with Crippen molar-refractivity contribution in [1.82, 2.24) is 10.3 Å². The van der Waals surface area contributed by atoms with E-state index < -0.39 is 17.4 Å². The van der Waals surface area contributed by atoms with Crippen LogP contribution in [0.2, 0.25) is 5.02 Å². The predicted octanol–water partition coefficient (Wildman–Crippen LogP) is 3.10. The molecule has 3 aromatic rings. The molecule has 0 radical (unpaired) electrons. The lowest BCUT2D eigenvalue weighted by Gasteiger charge is -2.33. The van der Waals surface area contributed by atoms with Gasteiger partial charge in [-0.15, -0.1) is 0 Å². The van der Waals surface area contributed by atoms with E-state index in [4.69, 9.17) is 26.8 Å². The van der Waals surface area contributed by atoms with Gasteiger partial charge in [0.2, 0.25) is 5.54 Å². The Kier molecular flexibility index (Phi) is 4.71. The number of pyridine rings is 1. The number of rotatable bonds is 3. The summed E-state index contributed by atoms with van der Waals surface area (Å²) in [4.78, 5) is 34.4. The Balaban J connectivity index is 1.62. The standard InChI is InChI=1S/C23H18ClN5O4/c1-11-7-19-15(9-18(11)32-2)23(21(31)28-22(25)29-23)14-8-13(4-6-17(14)33-19)27-20(30)16-5-3-12(24)10-26-16/h3-10H,1-2H3,(H,27,30)(H3,25,28,29,31). The monoisotopic (exact) mass is 463 g/mol. The third kappa shape index (κ3) is 3.25. The number of hydrogen-bond acceptors (Lipinski definition) is 7. The van der Waals surface area contributed by atoms with Crippen LogP contribution in [0.4, 0.5) is 5.69 Å². The summed E-state index contributed by atoms with van der Waals surface area (Å²) >= 11 is 5.85. The van der Waals surface area contributed by atoms with Crippen molar-refractivity contribution in [2.24, 2.45) is 10.7 Å². The van der Waals surface area contributed by atoms with Gasteiger partial charge in [-0.2, -0.15) is 0 Å². The van der Waals surface area contributed by atoms with Crippen LogP contribution < -0.4 is 25.8 Å². The van der Waals surface area contributed by atoms with Crippen LogP contribution in [0.5, 0.6) is 17.2 Å². The molecule has 9 nitrogen and oxygen atoms in total. The smallest absolute Gasteiger partial charge is 0.274 e. The maximum atomic E-state index is 13.2. The van der Waals surface area contributed by atoms with Gasteiger partial charge in [0.15, 0.2) is 5.96 Å². The number of nitrogens with zero attached hydrogens (tertiary/aromatic N) is 2. The molecule has 2 aromatic carbocycles. The van der Waals surface area contributed by atoms with Crippen molar-refractivity contribution in [3.05, 3.63) is 76.1 Å². The van der Waals surface area contributed by atoms with E-state index in [0.29, 0.717) is 39.1 Å². The number of nitrogens with one attached hydrogen (secondary N) is 2. The summed E-state index contributed by atoms with van der Waals surface area (Å²) in [6, 6.07) is 11.6. The Bertz CT molecular complexity index is 1360. The quantitative estimate of drug-likeness (QED) is 0.547. The van der Waals surface area contributed by atoms with Crippen LogP contribution in [-0.2, 0) is 10.3 Å². The van der Waals surface area contributed by atoms with Gasteiger partial charge in [-0.25, -0.2) is 9.98 Å². The molecule has 0 saturated carbocycles. The number of ether oxygens (including phenoxy) is 2. The van der Waals surface area contributed by atoms with Crippen LogP contribution in [0.1, 0.15) is 27.2 Å². The largest absolute Gasteiger partial charge is 0.496 e. The Morgan fingerprint density at radius 3 is 2.64 bits per heavy atom. The van der Waals surface area contributed by atoms with E-state index in [1.807, 2.05) is 6.92 Å². The fourth-order valence-corrected chi connectivity index (χ4v) is 4.14. The fourth-order valence-electron chi connectivity index (χ4n) is 4.03. The summed E-state index contributed by atoms with van der Waals surface area (Å²) in [5, 5.41) is 5.79. The molecule has 1 aromatic heterocycles. The minimum Gasteiger partial charge on any atom is -0.496 e. The first-order chi connectivity index (χ1) is 15.8. The summed E-state index contributed by atoms with van der Waals surface area (Å²) in [6.45, 7) is 1.88. The maximum absolute atomic E-state index is 13.2. The summed E-state index contributed by atoms with van der Waals surface area (Å²) < 4.78 is 11.6. The molecule has 1 atom stereocenters. The second-order valence-corrected chi connectivity index (χ2v) is 8.04. The van der Waals surface area contributed by atoms with Crippen molar-refractivity contribution >= 4 is 35.1 Å². The Morgan fingerprint density at radius 1 is 1.18 bits per heavy atom. The zero-order chi connectivity index (χ0) is 23.3. The number of guanidine groups is 1. The highest BCUT2D eigenvalue weighted by molar-refractivity contribution is 6.30. The van der Waals surface area contributed by atoms with Gasteiger partial charge >= 0.3 is 0 Å². The van der Waals surface area contributed by atoms with Crippen LogP contribution >= 0.6 is 11.6 Å². The van der Waals surface area contributed by atoms with Crippen molar-refractivity contribution in [1.29, 1.82) is 0 Å². The van der Waals surface area contributed by atoms with E-state index in [0.717, 1.165) is 5.56 Å². The number of anilines is 1. The number of benzene rings is 2. The highest BCUT2D eigenvalue weighted by Gasteiger charge is 2.52. The lowest BCUT2D eigenvalue weighted by atomic mass is 9.79. The number of aryl methyl sites for hydroxylation is 1. The summed E-state index contributed by atoms with van der Waals surface area (Å²) in [5.74, 6) is 0.582. The average Bonchev–Trinajstić information content (AvgIpc) is 3.08. The van der Waals surface area contributed by atoms with Crippen LogP contribution in [0, 0.1) is 6.92 Å². The highest BCUT2D eigenvalue weighted by atomic mass is 35.5. The number of nitrogens with two attached hydrogens (primary N) is 1. The normalized spacial score (nSPS) is 18.0. The number of fused-ring (bicyclic) bond motifs is 4. The van der Waals surface area contributed by atoms with Crippen molar-refractivity contribution in [2.75, 3.05) is 12.4 Å². The van der Waals surface area contributed by atoms with Gasteiger partial charge in [-0.05, 0) is 55.0 Å². The Hall–Kier alpha value is -4.11. The van der Waals surface area contributed by atoms with E-state index in [9.17, 15) is 9.59 Å². The molecule has 0 fully saturated rings. The number of aliphatic imine (C=N–C) groups is 1. The second kappa shape index (κ2) is 7.49. The van der Waals surface area contributed by atoms with Gasteiger partial charge in [0.1, 0.15) is 22.9 Å². The molecule has 0 bridgehead atoms. The average molecular weight is 464 g/mol. The number of carbonyl (C=O) groups excluding carboxylic acids is 2. The Labute approximate surface area is 193 Å². The molecule has 10 heteroatoms. The number of aromatic nitrogens is 1. The molecule has 3 heterocycles. The molecular weight excluding hydrogens is 446 g/mol. The first-order valence-corrected chi connectivity index (χ1v) is 10.3. The number of halogens is 1. The van der Waals surface area contributed by atoms with Gasteiger partial charge < -0.3 is 20.5 Å². The summed E-state index contributed by atoms with van der Waals surface area (Å²) in [5.41, 5.74) is 6.78. The third-order valence-electron chi connectivity index (χ3n) is 5.55. The van der Waals surface area contributed by atoms with Crippen molar-refractivity contribution in [3.63, 3.8) is 0 Å². The summed E-state index contributed by atoms with van der Waals surface area (Å²) in [6.07, 6.45) is 1.39. The number of hydrogen-bond donors (Lipinski definition) is 3. The zero-order valence-electron chi connectivity index (χ0n) is 17.6. The minimum atomic E-state index is -1.49. The molecule has 1 spiro atoms. The SMILES string of the molecule is COc1cc2c(cc1C)Oc1ccc(NC(=O)c3ccc(Cl)cn3)cc1C21N=C(N)NC1=O. The van der Waals surface area contributed by atoms with Gasteiger partial charge in [0, 0.05) is 23.0 Å². The van der Waals surface area contributed by atoms with Crippen molar-refractivity contribution in [2.45, 2.75) is 12.5 Å². The fraction of sp³-hybridized carbons (Fsp3) is 0.130. The third-order valence-corrected chi connectivity index (χ3v) is 5.78. The van der Waals surface area contributed by atoms with E-state index in [1.165, 1.54) is 12.3 Å². The molecule has 2 amide bonds. The topological polar surface area (TPSA) is 128 Å². The van der Waals surface area contributed by atoms with Crippen LogP contribution in [0.15, 0.2) is 53.7 Å². The number of carbonyl (C=O) groups is 2. The van der Waals surface area contributed by atoms with Crippen molar-refractivity contribution in [3.8, 4) is 17.2 Å². The van der Waals surface area contributed by atoms with Gasteiger partial charge in [0.25, 0.3) is 11.8 Å².